The molecule has 0 aliphatic rings. The second kappa shape index (κ2) is 2.49. The fraction of sp³-hybridized carbons (Fsp3) is 0. The van der Waals surface area contributed by atoms with Crippen molar-refractivity contribution in [1.82, 2.24) is 0 Å². The summed E-state index contributed by atoms with van der Waals surface area (Å²) >= 11 is 0. The first-order valence-electron chi connectivity index (χ1n) is 2.84. The lowest BCUT2D eigenvalue weighted by Crippen LogP contribution is -2.01. The number of aromatic hydroxyl groups is 1. The molecule has 1 radical (unpaired) electrons. The molecule has 4 heteroatoms. The van der Waals surface area contributed by atoms with Gasteiger partial charge >= 0.3 is 5.97 Å². The van der Waals surface area contributed by atoms with Crippen LogP contribution in [0.4, 0.5) is 5.69 Å². The fourth-order valence-corrected chi connectivity index (χ4v) is 0.674. The van der Waals surface area contributed by atoms with Gasteiger partial charge < -0.3 is 15.9 Å². The van der Waals surface area contributed by atoms with Gasteiger partial charge in [-0.3, -0.25) is 0 Å². The highest BCUT2D eigenvalue weighted by molar-refractivity contribution is 5.94. The molecule has 0 spiro atoms. The number of nitrogens with two attached hydrogens (primary N) is 1. The van der Waals surface area contributed by atoms with Gasteiger partial charge in [-0.05, 0) is 18.2 Å². The second-order valence-electron chi connectivity index (χ2n) is 1.97. The molecule has 0 aromatic heterocycles. The summed E-state index contributed by atoms with van der Waals surface area (Å²) in [6, 6.07) is 4.86. The van der Waals surface area contributed by atoms with Crippen LogP contribution in [0, 0.1) is 6.07 Å². The molecular weight excluding hydrogens is 146 g/mol. The van der Waals surface area contributed by atoms with Gasteiger partial charge in [0.05, 0.1) is 11.3 Å². The summed E-state index contributed by atoms with van der Waals surface area (Å²) in [6.45, 7) is 0. The summed E-state index contributed by atoms with van der Waals surface area (Å²) in [5.74, 6) is -1.43. The first-order valence-corrected chi connectivity index (χ1v) is 2.84. The number of anilines is 1. The highest BCUT2D eigenvalue weighted by Gasteiger charge is 2.09. The number of benzene rings is 1. The Morgan fingerprint density at radius 1 is 1.55 bits per heavy atom. The number of hydrogen-bond acceptors (Lipinski definition) is 3. The van der Waals surface area contributed by atoms with E-state index in [-0.39, 0.29) is 17.0 Å². The predicted octanol–water partition coefficient (Wildman–Crippen LogP) is 0.473. The van der Waals surface area contributed by atoms with Gasteiger partial charge in [0.25, 0.3) is 0 Å². The van der Waals surface area contributed by atoms with E-state index in [1.807, 2.05) is 0 Å². The zero-order valence-electron chi connectivity index (χ0n) is 5.53. The van der Waals surface area contributed by atoms with Crippen LogP contribution in [-0.4, -0.2) is 16.2 Å². The molecule has 1 aromatic carbocycles. The summed E-state index contributed by atoms with van der Waals surface area (Å²) in [7, 11) is 0. The van der Waals surface area contributed by atoms with Gasteiger partial charge in [0.15, 0.2) is 0 Å². The molecule has 0 atom stereocenters. The summed E-state index contributed by atoms with van der Waals surface area (Å²) in [5, 5.41) is 17.4. The Morgan fingerprint density at radius 2 is 2.18 bits per heavy atom. The zero-order chi connectivity index (χ0) is 8.43. The molecule has 0 fully saturated rings. The molecule has 0 unspecified atom stereocenters. The summed E-state index contributed by atoms with van der Waals surface area (Å²) < 4.78 is 0. The number of rotatable bonds is 1. The minimum atomic E-state index is -1.17. The molecule has 0 amide bonds. The van der Waals surface area contributed by atoms with Crippen LogP contribution < -0.4 is 5.73 Å². The summed E-state index contributed by atoms with van der Waals surface area (Å²) in [6.07, 6.45) is 0. The van der Waals surface area contributed by atoms with Gasteiger partial charge in [-0.2, -0.15) is 0 Å². The van der Waals surface area contributed by atoms with Crippen LogP contribution in [-0.2, 0) is 0 Å². The maximum absolute atomic E-state index is 10.4. The molecule has 0 heterocycles. The van der Waals surface area contributed by atoms with Gasteiger partial charge in [0.1, 0.15) is 5.75 Å². The van der Waals surface area contributed by atoms with E-state index >= 15 is 0 Å². The van der Waals surface area contributed by atoms with Crippen LogP contribution in [0.15, 0.2) is 12.1 Å². The van der Waals surface area contributed by atoms with Crippen LogP contribution in [0.5, 0.6) is 5.75 Å². The van der Waals surface area contributed by atoms with Crippen molar-refractivity contribution in [3.63, 3.8) is 0 Å². The molecule has 4 N–H and O–H groups in total. The van der Waals surface area contributed by atoms with Crippen LogP contribution in [0.3, 0.4) is 0 Å². The van der Waals surface area contributed by atoms with E-state index < -0.39 is 5.97 Å². The van der Waals surface area contributed by atoms with Crippen LogP contribution in [0.2, 0.25) is 0 Å². The number of carbonyl (C=O) groups is 1. The number of aromatic carboxylic acids is 1. The van der Waals surface area contributed by atoms with Crippen molar-refractivity contribution in [2.24, 2.45) is 0 Å². The Bertz CT molecular complexity index is 296. The quantitative estimate of drug-likeness (QED) is 0.403. The topological polar surface area (TPSA) is 83.5 Å². The molecule has 0 saturated heterocycles. The maximum atomic E-state index is 10.4. The van der Waals surface area contributed by atoms with Crippen molar-refractivity contribution < 1.29 is 15.0 Å². The van der Waals surface area contributed by atoms with Gasteiger partial charge in [-0.25, -0.2) is 4.79 Å². The van der Waals surface area contributed by atoms with Gasteiger partial charge in [-0.1, -0.05) is 0 Å². The third-order valence-electron chi connectivity index (χ3n) is 1.24. The molecule has 57 valence electrons. The van der Waals surface area contributed by atoms with E-state index in [1.54, 1.807) is 0 Å². The van der Waals surface area contributed by atoms with Gasteiger partial charge in [-0.15, -0.1) is 0 Å². The van der Waals surface area contributed by atoms with Crippen molar-refractivity contribution in [2.75, 3.05) is 5.73 Å². The number of carboxylic acid groups (broad SMARTS) is 1. The van der Waals surface area contributed by atoms with E-state index in [9.17, 15) is 4.79 Å². The molecule has 0 aliphatic carbocycles. The number of carboxylic acids is 1. The average Bonchev–Trinajstić information content (AvgIpc) is 1.94. The van der Waals surface area contributed by atoms with Crippen molar-refractivity contribution in [3.05, 3.63) is 23.8 Å². The number of phenols is 1. The molecule has 0 aliphatic heterocycles. The lowest BCUT2D eigenvalue weighted by Gasteiger charge is -2.00. The Kier molecular flexibility index (Phi) is 1.68. The highest BCUT2D eigenvalue weighted by Crippen LogP contribution is 2.22. The smallest absolute Gasteiger partial charge is 0.337 e. The Labute approximate surface area is 62.9 Å². The first kappa shape index (κ1) is 7.40. The normalized spacial score (nSPS) is 9.45. The number of phenolic OH excluding ortho intramolecular Hbond substituents is 1. The van der Waals surface area contributed by atoms with Crippen LogP contribution in [0.25, 0.3) is 0 Å². The maximum Gasteiger partial charge on any atom is 0.337 e. The minimum Gasteiger partial charge on any atom is -0.506 e. The molecule has 11 heavy (non-hydrogen) atoms. The predicted molar refractivity (Wildman–Crippen MR) is 38.3 cm³/mol. The SMILES string of the molecule is Nc1c(O)c[c]cc1C(=O)O. The minimum absolute atomic E-state index is 0.128. The van der Waals surface area contributed by atoms with Crippen molar-refractivity contribution >= 4 is 11.7 Å². The van der Waals surface area contributed by atoms with E-state index in [0.717, 1.165) is 0 Å². The van der Waals surface area contributed by atoms with E-state index in [0.29, 0.717) is 0 Å². The molecule has 1 aromatic rings. The molecule has 4 nitrogen and oxygen atoms in total. The zero-order valence-corrected chi connectivity index (χ0v) is 5.53. The van der Waals surface area contributed by atoms with E-state index in [1.165, 1.54) is 12.1 Å². The Morgan fingerprint density at radius 3 is 2.64 bits per heavy atom. The van der Waals surface area contributed by atoms with Crippen LogP contribution in [0.1, 0.15) is 10.4 Å². The van der Waals surface area contributed by atoms with Crippen LogP contribution >= 0.6 is 0 Å². The molecule has 1 rings (SSSR count). The Hall–Kier alpha value is -1.71. The van der Waals surface area contributed by atoms with E-state index in [4.69, 9.17) is 15.9 Å². The van der Waals surface area contributed by atoms with Gasteiger partial charge in [0.2, 0.25) is 0 Å². The molecule has 0 bridgehead atoms. The largest absolute Gasteiger partial charge is 0.506 e. The number of nitrogen functional groups attached to an aromatic ring is 1. The number of hydrogen-bond donors (Lipinski definition) is 3. The molecular formula is C7H6NO3. The second-order valence-corrected chi connectivity index (χ2v) is 1.97. The third kappa shape index (κ3) is 1.24. The molecule has 0 saturated carbocycles. The van der Waals surface area contributed by atoms with E-state index in [2.05, 4.69) is 6.07 Å². The first-order chi connectivity index (χ1) is 5.13. The average molecular weight is 152 g/mol. The third-order valence-corrected chi connectivity index (χ3v) is 1.24. The monoisotopic (exact) mass is 152 g/mol. The lowest BCUT2D eigenvalue weighted by atomic mass is 10.2. The van der Waals surface area contributed by atoms with Gasteiger partial charge in [0, 0.05) is 0 Å². The summed E-state index contributed by atoms with van der Waals surface area (Å²) in [5.41, 5.74) is 4.97. The summed E-state index contributed by atoms with van der Waals surface area (Å²) in [4.78, 5) is 10.4. The van der Waals surface area contributed by atoms with Crippen molar-refractivity contribution in [2.45, 2.75) is 0 Å². The fourth-order valence-electron chi connectivity index (χ4n) is 0.674. The lowest BCUT2D eigenvalue weighted by molar-refractivity contribution is 0.0697. The standard InChI is InChI=1S/C7H6NO3/c8-6-4(7(10)11)2-1-3-5(6)9/h2-3,9H,8H2,(H,10,11). The Balaban J connectivity index is 3.27. The van der Waals surface area contributed by atoms with Crippen molar-refractivity contribution in [1.29, 1.82) is 0 Å². The van der Waals surface area contributed by atoms with Crippen molar-refractivity contribution in [3.8, 4) is 5.75 Å². The highest BCUT2D eigenvalue weighted by atomic mass is 16.4.